The molecule has 1 saturated heterocycles. The number of aromatic nitrogens is 4. The van der Waals surface area contributed by atoms with Gasteiger partial charge in [0.2, 0.25) is 0 Å². The van der Waals surface area contributed by atoms with Gasteiger partial charge >= 0.3 is 6.18 Å². The summed E-state index contributed by atoms with van der Waals surface area (Å²) in [7, 11) is 1.54. The Morgan fingerprint density at radius 1 is 1.24 bits per heavy atom. The molecule has 5 rings (SSSR count). The highest BCUT2D eigenvalue weighted by atomic mass is 19.4. The highest BCUT2D eigenvalue weighted by molar-refractivity contribution is 6.12. The smallest absolute Gasteiger partial charge is 0.408 e. The molecule has 172 valence electrons. The molecular formula is C22H20F3N5O3. The molecule has 0 aromatic carbocycles. The lowest BCUT2D eigenvalue weighted by Crippen LogP contribution is -2.43. The molecule has 2 aliphatic rings. The van der Waals surface area contributed by atoms with E-state index in [0.717, 1.165) is 4.68 Å². The first-order chi connectivity index (χ1) is 15.7. The normalized spacial score (nSPS) is 20.0. The molecule has 0 unspecified atom stereocenters. The van der Waals surface area contributed by atoms with Crippen LogP contribution in [0.1, 0.15) is 34.5 Å². The molecule has 0 radical (unpaired) electrons. The van der Waals surface area contributed by atoms with E-state index in [0.29, 0.717) is 53.3 Å². The third-order valence-electron chi connectivity index (χ3n) is 5.83. The van der Waals surface area contributed by atoms with Crippen LogP contribution < -0.4 is 9.64 Å². The number of carbonyl (C=O) groups excluding carboxylic acids is 1. The van der Waals surface area contributed by atoms with E-state index in [2.05, 4.69) is 10.1 Å². The van der Waals surface area contributed by atoms with E-state index >= 15 is 0 Å². The minimum absolute atomic E-state index is 0.230. The Kier molecular flexibility index (Phi) is 4.89. The van der Waals surface area contributed by atoms with Crippen LogP contribution in [-0.4, -0.2) is 45.5 Å². The predicted octanol–water partition coefficient (Wildman–Crippen LogP) is 3.84. The molecule has 8 nitrogen and oxygen atoms in total. The molecule has 2 aliphatic heterocycles. The van der Waals surface area contributed by atoms with E-state index in [1.807, 2.05) is 0 Å². The summed E-state index contributed by atoms with van der Waals surface area (Å²) in [5.41, 5.74) is 1.85. The van der Waals surface area contributed by atoms with Gasteiger partial charge in [0, 0.05) is 24.4 Å². The fourth-order valence-electron chi connectivity index (χ4n) is 4.48. The van der Waals surface area contributed by atoms with Crippen LogP contribution in [0.2, 0.25) is 0 Å². The average molecular weight is 459 g/mol. The van der Waals surface area contributed by atoms with Crippen LogP contribution in [0.25, 0.3) is 11.3 Å². The molecule has 0 aliphatic carbocycles. The molecule has 1 atom stereocenters. The standard InChI is InChI=1S/C22H20F3N5O3/c1-13-6-17(14-7-16(32-2)10-26-8-14)28-19-18(13)20(31)30(21(19)4-3-5-33-21)15-9-27-29(11-15)12-22(23,24)25/h6-11H,3-5,12H2,1-2H3/t21-/m1/s1. The Hall–Kier alpha value is -3.47. The second kappa shape index (κ2) is 7.55. The molecule has 1 amide bonds. The number of hydrogen-bond acceptors (Lipinski definition) is 6. The van der Waals surface area contributed by atoms with Gasteiger partial charge in [0.25, 0.3) is 5.91 Å². The van der Waals surface area contributed by atoms with Gasteiger partial charge in [-0.1, -0.05) is 0 Å². The van der Waals surface area contributed by atoms with Crippen molar-refractivity contribution < 1.29 is 27.4 Å². The van der Waals surface area contributed by atoms with Gasteiger partial charge < -0.3 is 9.47 Å². The average Bonchev–Trinajstić information content (AvgIpc) is 3.47. The fourth-order valence-corrected chi connectivity index (χ4v) is 4.48. The number of amides is 1. The van der Waals surface area contributed by atoms with Crippen molar-refractivity contribution in [2.75, 3.05) is 18.6 Å². The molecule has 0 saturated carbocycles. The number of rotatable bonds is 4. The summed E-state index contributed by atoms with van der Waals surface area (Å²) in [6.07, 6.45) is 2.39. The number of alkyl halides is 3. The van der Waals surface area contributed by atoms with Gasteiger partial charge in [-0.2, -0.15) is 18.3 Å². The number of halogens is 3. The molecule has 1 fully saturated rings. The molecule has 0 bridgehead atoms. The molecule has 3 aromatic heterocycles. The first-order valence-electron chi connectivity index (χ1n) is 10.3. The van der Waals surface area contributed by atoms with E-state index in [-0.39, 0.29) is 11.6 Å². The zero-order valence-corrected chi connectivity index (χ0v) is 17.9. The lowest BCUT2D eigenvalue weighted by atomic mass is 9.99. The zero-order chi connectivity index (χ0) is 23.4. The molecule has 33 heavy (non-hydrogen) atoms. The highest BCUT2D eigenvalue weighted by Gasteiger charge is 2.56. The van der Waals surface area contributed by atoms with Crippen LogP contribution in [-0.2, 0) is 17.0 Å². The predicted molar refractivity (Wildman–Crippen MR) is 111 cm³/mol. The number of hydrogen-bond donors (Lipinski definition) is 0. The Morgan fingerprint density at radius 3 is 2.76 bits per heavy atom. The Morgan fingerprint density at radius 2 is 2.06 bits per heavy atom. The van der Waals surface area contributed by atoms with Gasteiger partial charge in [0.1, 0.15) is 18.0 Å². The first kappa shape index (κ1) is 21.4. The quantitative estimate of drug-likeness (QED) is 0.590. The summed E-state index contributed by atoms with van der Waals surface area (Å²) in [6, 6.07) is 3.57. The van der Waals surface area contributed by atoms with Crippen molar-refractivity contribution in [2.24, 2.45) is 0 Å². The van der Waals surface area contributed by atoms with Crippen molar-refractivity contribution in [3.05, 3.63) is 53.7 Å². The summed E-state index contributed by atoms with van der Waals surface area (Å²) in [4.78, 5) is 23.9. The number of fused-ring (bicyclic) bond motifs is 2. The van der Waals surface area contributed by atoms with Gasteiger partial charge in [-0.15, -0.1) is 0 Å². The minimum atomic E-state index is -4.43. The fraction of sp³-hybridized carbons (Fsp3) is 0.364. The summed E-state index contributed by atoms with van der Waals surface area (Å²) in [5.74, 6) is 0.188. The van der Waals surface area contributed by atoms with Crippen molar-refractivity contribution in [3.8, 4) is 17.0 Å². The van der Waals surface area contributed by atoms with Gasteiger partial charge in [0.15, 0.2) is 5.72 Å². The van der Waals surface area contributed by atoms with Crippen molar-refractivity contribution in [2.45, 2.75) is 38.2 Å². The molecular weight excluding hydrogens is 439 g/mol. The molecule has 5 heterocycles. The summed E-state index contributed by atoms with van der Waals surface area (Å²) < 4.78 is 50.6. The topological polar surface area (TPSA) is 82.4 Å². The first-order valence-corrected chi connectivity index (χ1v) is 10.3. The number of nitrogens with zero attached hydrogens (tertiary/aromatic N) is 5. The van der Waals surface area contributed by atoms with E-state index in [9.17, 15) is 18.0 Å². The van der Waals surface area contributed by atoms with Crippen LogP contribution in [0.4, 0.5) is 18.9 Å². The number of anilines is 1. The number of ether oxygens (including phenoxy) is 2. The zero-order valence-electron chi connectivity index (χ0n) is 17.9. The Balaban J connectivity index is 1.62. The van der Waals surface area contributed by atoms with Crippen molar-refractivity contribution in [1.29, 1.82) is 0 Å². The van der Waals surface area contributed by atoms with E-state index in [4.69, 9.17) is 14.5 Å². The third-order valence-corrected chi connectivity index (χ3v) is 5.83. The van der Waals surface area contributed by atoms with E-state index in [1.54, 1.807) is 38.6 Å². The highest BCUT2D eigenvalue weighted by Crippen LogP contribution is 2.49. The lowest BCUT2D eigenvalue weighted by Gasteiger charge is -2.33. The second-order valence-electron chi connectivity index (χ2n) is 8.05. The summed E-state index contributed by atoms with van der Waals surface area (Å²) >= 11 is 0. The number of carbonyl (C=O) groups is 1. The molecule has 3 aromatic rings. The third kappa shape index (κ3) is 3.52. The Labute approximate surface area is 187 Å². The largest absolute Gasteiger partial charge is 0.495 e. The van der Waals surface area contributed by atoms with Crippen LogP contribution >= 0.6 is 0 Å². The van der Waals surface area contributed by atoms with Gasteiger partial charge in [0.05, 0.1) is 43.1 Å². The maximum atomic E-state index is 13.5. The van der Waals surface area contributed by atoms with Gasteiger partial charge in [-0.3, -0.25) is 19.4 Å². The molecule has 1 spiro atoms. The van der Waals surface area contributed by atoms with Crippen molar-refractivity contribution in [1.82, 2.24) is 19.7 Å². The van der Waals surface area contributed by atoms with E-state index < -0.39 is 18.4 Å². The maximum Gasteiger partial charge on any atom is 0.408 e. The number of pyridine rings is 2. The number of methoxy groups -OCH3 is 1. The maximum absolute atomic E-state index is 13.5. The summed E-state index contributed by atoms with van der Waals surface area (Å²) in [6.45, 7) is 0.945. The summed E-state index contributed by atoms with van der Waals surface area (Å²) in [5, 5.41) is 3.81. The Bertz CT molecular complexity index is 1230. The van der Waals surface area contributed by atoms with Gasteiger partial charge in [-0.25, -0.2) is 4.98 Å². The lowest BCUT2D eigenvalue weighted by molar-refractivity contribution is -0.142. The van der Waals surface area contributed by atoms with Crippen molar-refractivity contribution >= 4 is 11.6 Å². The minimum Gasteiger partial charge on any atom is -0.495 e. The second-order valence-corrected chi connectivity index (χ2v) is 8.05. The van der Waals surface area contributed by atoms with Gasteiger partial charge in [-0.05, 0) is 31.0 Å². The van der Waals surface area contributed by atoms with Crippen LogP contribution in [0.15, 0.2) is 36.9 Å². The van der Waals surface area contributed by atoms with Crippen LogP contribution in [0.3, 0.4) is 0 Å². The molecule has 11 heteroatoms. The van der Waals surface area contributed by atoms with E-state index in [1.165, 1.54) is 17.3 Å². The number of aryl methyl sites for hydroxylation is 1. The SMILES string of the molecule is COc1cncc(-c2cc(C)c3c(n2)[C@]2(CCCO2)N(c2cnn(CC(F)(F)F)c2)C3=O)c1. The monoisotopic (exact) mass is 459 g/mol. The van der Waals surface area contributed by atoms with Crippen LogP contribution in [0.5, 0.6) is 5.75 Å². The molecule has 0 N–H and O–H groups in total. The van der Waals surface area contributed by atoms with Crippen molar-refractivity contribution in [3.63, 3.8) is 0 Å². The van der Waals surface area contributed by atoms with Crippen LogP contribution in [0, 0.1) is 6.92 Å².